The maximum Gasteiger partial charge on any atom is 0.355 e. The Morgan fingerprint density at radius 1 is 0.724 bits per heavy atom. The molecule has 5 aromatic rings. The zero-order valence-electron chi connectivity index (χ0n) is 29.6. The summed E-state index contributed by atoms with van der Waals surface area (Å²) >= 11 is 0. The number of phenolic OH excluding ortho intramolecular Hbond substituents is 1. The number of anilines is 1. The molecule has 21 nitrogen and oxygen atoms in total. The Morgan fingerprint density at radius 3 is 1.88 bits per heavy atom. The average molecular weight is 811 g/mol. The molecule has 1 atom stereocenters. The highest BCUT2D eigenvalue weighted by molar-refractivity contribution is 7.86. The molecule has 1 aliphatic rings. The maximum absolute atomic E-state index is 13.1. The molecule has 6 rings (SSSR count). The molecule has 1 aliphatic heterocycles. The highest BCUT2D eigenvalue weighted by Gasteiger charge is 2.41. The highest BCUT2D eigenvalue weighted by atomic mass is 32.2. The van der Waals surface area contributed by atoms with Crippen LogP contribution in [-0.2, 0) is 19.7 Å². The summed E-state index contributed by atoms with van der Waals surface area (Å²) in [6.45, 7) is 0. The van der Waals surface area contributed by atoms with Crippen molar-refractivity contribution in [2.75, 3.05) is 19.2 Å². The van der Waals surface area contributed by atoms with E-state index in [2.05, 4.69) is 35.8 Å². The third kappa shape index (κ3) is 8.17. The van der Waals surface area contributed by atoms with Crippen molar-refractivity contribution in [1.82, 2.24) is 0 Å². The zero-order chi connectivity index (χ0) is 41.9. The quantitative estimate of drug-likeness (QED) is 0.0593. The van der Waals surface area contributed by atoms with E-state index in [4.69, 9.17) is 9.47 Å². The number of phenols is 1. The summed E-state index contributed by atoms with van der Waals surface area (Å²) in [4.78, 5) is 47.2. The molecule has 5 aromatic carbocycles. The average Bonchev–Trinajstić information content (AvgIpc) is 3.54. The molecule has 0 aliphatic carbocycles. The van der Waals surface area contributed by atoms with E-state index in [1.807, 2.05) is 0 Å². The molecule has 0 fully saturated rings. The highest BCUT2D eigenvalue weighted by Crippen LogP contribution is 2.45. The van der Waals surface area contributed by atoms with Gasteiger partial charge in [0, 0.05) is 17.5 Å². The van der Waals surface area contributed by atoms with Crippen LogP contribution in [0.1, 0.15) is 20.7 Å². The predicted octanol–water partition coefficient (Wildman–Crippen LogP) is 6.98. The second-order valence-corrected chi connectivity index (χ2v) is 13.2. The number of nitrogens with zero attached hydrogens (tertiary/aromatic N) is 8. The van der Waals surface area contributed by atoms with Gasteiger partial charge in [0.2, 0.25) is 6.04 Å². The van der Waals surface area contributed by atoms with Gasteiger partial charge >= 0.3 is 17.9 Å². The van der Waals surface area contributed by atoms with Gasteiger partial charge in [0.15, 0.2) is 11.5 Å². The molecule has 294 valence electrons. The third-order valence-corrected chi connectivity index (χ3v) is 9.02. The minimum absolute atomic E-state index is 0.00130. The second kappa shape index (κ2) is 16.0. The molecule has 0 saturated carbocycles. The molecule has 0 bridgehead atoms. The van der Waals surface area contributed by atoms with E-state index in [0.717, 1.165) is 29.3 Å². The molecular weight excluding hydrogens is 785 g/mol. The lowest BCUT2D eigenvalue weighted by Gasteiger charge is -2.12. The number of fused-ring (bicyclic) bond motifs is 1. The number of carbonyl (C=O) groups excluding carboxylic acids is 1. The van der Waals surface area contributed by atoms with Gasteiger partial charge in [-0.3, -0.25) is 9.35 Å². The van der Waals surface area contributed by atoms with Gasteiger partial charge in [-0.05, 0) is 53.9 Å². The monoisotopic (exact) mass is 810 g/mol. The molecule has 1 amide bonds. The number of azo groups is 3. The van der Waals surface area contributed by atoms with E-state index < -0.39 is 62.0 Å². The number of aromatic hydroxyl groups is 1. The molecule has 22 heteroatoms. The van der Waals surface area contributed by atoms with Gasteiger partial charge in [0.05, 0.1) is 42.4 Å². The fourth-order valence-electron chi connectivity index (χ4n) is 5.42. The first-order valence-corrected chi connectivity index (χ1v) is 17.6. The van der Waals surface area contributed by atoms with Gasteiger partial charge in [-0.15, -0.1) is 15.3 Å². The van der Waals surface area contributed by atoms with Gasteiger partial charge in [-0.2, -0.15) is 33.9 Å². The predicted molar refractivity (Wildman–Crippen MR) is 201 cm³/mol. The summed E-state index contributed by atoms with van der Waals surface area (Å²) in [6, 6.07) is 17.0. The van der Waals surface area contributed by atoms with Crippen molar-refractivity contribution in [3.8, 4) is 17.2 Å². The van der Waals surface area contributed by atoms with Crippen molar-refractivity contribution >= 4 is 84.5 Å². The minimum atomic E-state index is -5.04. The molecule has 1 heterocycles. The van der Waals surface area contributed by atoms with E-state index in [0.29, 0.717) is 5.69 Å². The van der Waals surface area contributed by atoms with Crippen molar-refractivity contribution in [3.63, 3.8) is 0 Å². The fraction of sp³-hybridized carbons (Fsp3) is 0.0833. The van der Waals surface area contributed by atoms with Crippen molar-refractivity contribution in [1.29, 1.82) is 0 Å². The summed E-state index contributed by atoms with van der Waals surface area (Å²) in [5, 5.41) is 68.4. The molecule has 0 spiro atoms. The van der Waals surface area contributed by atoms with Crippen LogP contribution in [0.15, 0.2) is 126 Å². The zero-order valence-corrected chi connectivity index (χ0v) is 30.5. The molecule has 5 N–H and O–H groups in total. The number of carboxylic acids is 3. The van der Waals surface area contributed by atoms with Crippen LogP contribution in [0.25, 0.3) is 10.8 Å². The van der Waals surface area contributed by atoms with Gasteiger partial charge in [0.1, 0.15) is 33.5 Å². The van der Waals surface area contributed by atoms with E-state index in [-0.39, 0.29) is 56.1 Å². The Bertz CT molecular complexity index is 2740. The Kier molecular flexibility index (Phi) is 11.0. The van der Waals surface area contributed by atoms with E-state index in [9.17, 15) is 52.6 Å². The van der Waals surface area contributed by atoms with Crippen LogP contribution in [0.4, 0.5) is 34.1 Å². The van der Waals surface area contributed by atoms with Gasteiger partial charge in [-0.25, -0.2) is 14.4 Å². The molecule has 1 unspecified atom stereocenters. The Labute approximate surface area is 325 Å². The molecule has 0 saturated heterocycles. The molecular formula is C36H26N8O13S. The number of rotatable bonds is 13. The lowest BCUT2D eigenvalue weighted by molar-refractivity contribution is -0.130. The summed E-state index contributed by atoms with van der Waals surface area (Å²) in [6.07, 6.45) is 0. The van der Waals surface area contributed by atoms with Gasteiger partial charge in [0.25, 0.3) is 16.0 Å². The lowest BCUT2D eigenvalue weighted by Crippen LogP contribution is -2.32. The van der Waals surface area contributed by atoms with Gasteiger partial charge in [-0.1, -0.05) is 24.3 Å². The van der Waals surface area contributed by atoms with Gasteiger partial charge < -0.3 is 29.9 Å². The number of benzene rings is 5. The Hall–Kier alpha value is -7.98. The normalized spacial score (nSPS) is 14.5. The first-order chi connectivity index (χ1) is 27.6. The number of aliphatic carboxylic acids is 1. The van der Waals surface area contributed by atoms with E-state index in [1.54, 1.807) is 30.3 Å². The number of carboxylic acid groups (broad SMARTS) is 3. The van der Waals surface area contributed by atoms with Crippen molar-refractivity contribution in [2.45, 2.75) is 10.9 Å². The summed E-state index contributed by atoms with van der Waals surface area (Å²) in [5.74, 6) is -5.93. The summed E-state index contributed by atoms with van der Waals surface area (Å²) in [5.41, 5.74) is -1.94. The van der Waals surface area contributed by atoms with Crippen LogP contribution < -0.4 is 14.5 Å². The number of ether oxygens (including phenoxy) is 2. The molecule has 0 radical (unpaired) electrons. The lowest BCUT2D eigenvalue weighted by atomic mass is 10.1. The van der Waals surface area contributed by atoms with Crippen LogP contribution in [0.3, 0.4) is 0 Å². The van der Waals surface area contributed by atoms with Crippen molar-refractivity contribution < 1.29 is 62.0 Å². The Balaban J connectivity index is 1.36. The number of hydrogen-bond acceptors (Lipinski definition) is 16. The molecule has 0 aromatic heterocycles. The second-order valence-electron chi connectivity index (χ2n) is 11.8. The van der Waals surface area contributed by atoms with Crippen LogP contribution in [0.5, 0.6) is 17.2 Å². The number of methoxy groups -OCH3 is 2. The topological polar surface area (TPSA) is 312 Å². The van der Waals surface area contributed by atoms with Crippen molar-refractivity contribution in [2.24, 2.45) is 35.8 Å². The fourth-order valence-corrected chi connectivity index (χ4v) is 6.08. The number of hydrazone groups is 1. The maximum atomic E-state index is 13.1. The standard InChI is InChI=1S/C36H26N8O13S/c1-56-26-16-25(27(57-2)15-24(26)39-38-21-11-18(34(47)48)10-19(12-21)35(49)50)40-41-29-28(58(53,54)55)13-17-8-9-20(14-23(17)32(29)45)37-42-30-31(36(51)52)43-44(33(30)46)22-6-4-3-5-7-22/h3-16,30,45H,1-2H3,(H,47,48)(H,49,50)(H,51,52)(H,53,54,55). The van der Waals surface area contributed by atoms with Crippen LogP contribution in [0, 0.1) is 0 Å². The summed E-state index contributed by atoms with van der Waals surface area (Å²) in [7, 11) is -2.54. The number of amides is 1. The number of carbonyl (C=O) groups is 4. The number of para-hydroxylation sites is 1. The van der Waals surface area contributed by atoms with Crippen LogP contribution >= 0.6 is 0 Å². The van der Waals surface area contributed by atoms with Crippen LogP contribution in [-0.4, -0.2) is 83.2 Å². The Morgan fingerprint density at radius 2 is 1.33 bits per heavy atom. The first-order valence-electron chi connectivity index (χ1n) is 16.2. The SMILES string of the molecule is COc1cc(N=Nc2c(S(=O)(=O)O)cc3ccc(N=NC4C(=O)N(c5ccccc5)N=C4C(=O)O)cc3c2O)c(OC)cc1N=Nc1cc(C(=O)O)cc(C(=O)O)c1. The molecule has 58 heavy (non-hydrogen) atoms. The first kappa shape index (κ1) is 39.7. The van der Waals surface area contributed by atoms with E-state index in [1.165, 1.54) is 44.6 Å². The number of aromatic carboxylic acids is 2. The summed E-state index contributed by atoms with van der Waals surface area (Å²) < 4.78 is 45.8. The van der Waals surface area contributed by atoms with E-state index >= 15 is 0 Å². The number of hydrogen-bond donors (Lipinski definition) is 5. The largest absolute Gasteiger partial charge is 0.505 e. The van der Waals surface area contributed by atoms with Crippen molar-refractivity contribution in [3.05, 3.63) is 96.1 Å². The third-order valence-electron chi connectivity index (χ3n) is 8.16. The van der Waals surface area contributed by atoms with Crippen LogP contribution in [0.2, 0.25) is 0 Å². The smallest absolute Gasteiger partial charge is 0.355 e. The minimum Gasteiger partial charge on any atom is -0.505 e.